The van der Waals surface area contributed by atoms with Crippen LogP contribution in [0.3, 0.4) is 0 Å². The van der Waals surface area contributed by atoms with Crippen LogP contribution in [0.1, 0.15) is 37.2 Å². The molecular formula is C24H25NO5. The van der Waals surface area contributed by atoms with Crippen molar-refractivity contribution in [2.75, 3.05) is 26.2 Å². The molecule has 0 saturated heterocycles. The number of amides is 1. The number of benzene rings is 2. The molecule has 6 heteroatoms. The summed E-state index contributed by atoms with van der Waals surface area (Å²) in [6.07, 6.45) is 2.15. The van der Waals surface area contributed by atoms with Crippen LogP contribution < -0.4 is 19.1 Å². The van der Waals surface area contributed by atoms with Crippen molar-refractivity contribution >= 4 is 17.4 Å². The van der Waals surface area contributed by atoms with Crippen LogP contribution >= 0.6 is 0 Å². The Kier molecular flexibility index (Phi) is 5.48. The highest BCUT2D eigenvalue weighted by atomic mass is 16.5. The van der Waals surface area contributed by atoms with Gasteiger partial charge in [-0.3, -0.25) is 14.5 Å². The van der Waals surface area contributed by atoms with E-state index in [1.165, 1.54) is 0 Å². The van der Waals surface area contributed by atoms with Crippen LogP contribution in [0.2, 0.25) is 0 Å². The summed E-state index contributed by atoms with van der Waals surface area (Å²) in [6.45, 7) is 0. The number of ether oxygens (including phenoxy) is 3. The molecule has 1 heterocycles. The average molecular weight is 407 g/mol. The molecule has 2 aromatic rings. The number of rotatable bonds is 5. The van der Waals surface area contributed by atoms with Gasteiger partial charge in [0, 0.05) is 35.7 Å². The van der Waals surface area contributed by atoms with Gasteiger partial charge in [-0.15, -0.1) is 0 Å². The number of carbonyl (C=O) groups is 2. The number of carbonyl (C=O) groups excluding carboxylic acids is 2. The summed E-state index contributed by atoms with van der Waals surface area (Å²) in [6, 6.07) is 13.2. The zero-order chi connectivity index (χ0) is 21.3. The zero-order valence-electron chi connectivity index (χ0n) is 17.4. The van der Waals surface area contributed by atoms with Gasteiger partial charge in [0.05, 0.1) is 21.3 Å². The van der Waals surface area contributed by atoms with Crippen LogP contribution in [-0.4, -0.2) is 33.0 Å². The van der Waals surface area contributed by atoms with Gasteiger partial charge in [0.25, 0.3) is 0 Å². The van der Waals surface area contributed by atoms with Crippen molar-refractivity contribution in [3.8, 4) is 17.2 Å². The predicted octanol–water partition coefficient (Wildman–Crippen LogP) is 4.24. The molecule has 0 fully saturated rings. The lowest BCUT2D eigenvalue weighted by Gasteiger charge is -2.38. The molecule has 1 amide bonds. The summed E-state index contributed by atoms with van der Waals surface area (Å²) in [7, 11) is 4.66. The molecule has 0 radical (unpaired) electrons. The standard InChI is InChI=1S/C24H25NO5/c1-28-20-12-15(13-21(29-2)24(20)30-3)17-14-22(27)25(16-8-5-4-6-9-16)18-10-7-11-19(26)23(17)18/h4-6,8-9,12-13,17H,7,10-11,14H2,1-3H3/t17-/m1/s1. The van der Waals surface area contributed by atoms with Crippen molar-refractivity contribution < 1.29 is 23.8 Å². The Labute approximate surface area is 176 Å². The summed E-state index contributed by atoms with van der Waals surface area (Å²) in [4.78, 5) is 28.0. The SMILES string of the molecule is COc1cc([C@H]2CC(=O)N(c3ccccc3)C3=C2C(=O)CCC3)cc(OC)c1OC. The van der Waals surface area contributed by atoms with Gasteiger partial charge in [-0.1, -0.05) is 18.2 Å². The molecule has 0 spiro atoms. The minimum absolute atomic E-state index is 0.0200. The maximum atomic E-state index is 13.3. The molecule has 2 aromatic carbocycles. The predicted molar refractivity (Wildman–Crippen MR) is 113 cm³/mol. The first-order chi connectivity index (χ1) is 14.6. The van der Waals surface area contributed by atoms with Crippen molar-refractivity contribution in [1.82, 2.24) is 0 Å². The largest absolute Gasteiger partial charge is 0.493 e. The number of anilines is 1. The van der Waals surface area contributed by atoms with E-state index in [9.17, 15) is 9.59 Å². The molecular weight excluding hydrogens is 382 g/mol. The van der Waals surface area contributed by atoms with E-state index in [0.717, 1.165) is 28.9 Å². The number of hydrogen-bond acceptors (Lipinski definition) is 5. The highest BCUT2D eigenvalue weighted by molar-refractivity contribution is 6.07. The van der Waals surface area contributed by atoms with Crippen molar-refractivity contribution in [2.24, 2.45) is 0 Å². The molecule has 0 aromatic heterocycles. The van der Waals surface area contributed by atoms with Crippen LogP contribution in [-0.2, 0) is 9.59 Å². The minimum Gasteiger partial charge on any atom is -0.493 e. The summed E-state index contributed by atoms with van der Waals surface area (Å²) >= 11 is 0. The van der Waals surface area contributed by atoms with Gasteiger partial charge in [-0.05, 0) is 42.7 Å². The van der Waals surface area contributed by atoms with E-state index in [2.05, 4.69) is 0 Å². The molecule has 156 valence electrons. The fourth-order valence-corrected chi connectivity index (χ4v) is 4.46. The molecule has 0 saturated carbocycles. The highest BCUT2D eigenvalue weighted by Crippen LogP contribution is 2.47. The van der Waals surface area contributed by atoms with Crippen LogP contribution in [0.15, 0.2) is 53.7 Å². The smallest absolute Gasteiger partial charge is 0.232 e. The molecule has 4 rings (SSSR count). The number of allylic oxidation sites excluding steroid dienone is 2. The highest BCUT2D eigenvalue weighted by Gasteiger charge is 2.40. The third kappa shape index (κ3) is 3.32. The van der Waals surface area contributed by atoms with E-state index in [1.807, 2.05) is 42.5 Å². The van der Waals surface area contributed by atoms with Gasteiger partial charge in [0.2, 0.25) is 11.7 Å². The number of methoxy groups -OCH3 is 3. The molecule has 1 atom stereocenters. The van der Waals surface area contributed by atoms with Crippen molar-refractivity contribution in [3.05, 3.63) is 59.3 Å². The van der Waals surface area contributed by atoms with Crippen molar-refractivity contribution in [1.29, 1.82) is 0 Å². The zero-order valence-corrected chi connectivity index (χ0v) is 17.4. The molecule has 0 N–H and O–H groups in total. The normalized spacial score (nSPS) is 18.9. The van der Waals surface area contributed by atoms with E-state index in [4.69, 9.17) is 14.2 Å². The van der Waals surface area contributed by atoms with Crippen LogP contribution in [0.4, 0.5) is 5.69 Å². The lowest BCUT2D eigenvalue weighted by Crippen LogP contribution is -2.40. The Morgan fingerprint density at radius 2 is 1.57 bits per heavy atom. The first-order valence-corrected chi connectivity index (χ1v) is 10.0. The first-order valence-electron chi connectivity index (χ1n) is 10.0. The number of nitrogens with zero attached hydrogens (tertiary/aromatic N) is 1. The lowest BCUT2D eigenvalue weighted by atomic mass is 9.77. The minimum atomic E-state index is -0.339. The third-order valence-corrected chi connectivity index (χ3v) is 5.78. The van der Waals surface area contributed by atoms with Crippen LogP contribution in [0.5, 0.6) is 17.2 Å². The molecule has 1 aliphatic carbocycles. The maximum absolute atomic E-state index is 13.3. The second-order valence-corrected chi connectivity index (χ2v) is 7.42. The summed E-state index contributed by atoms with van der Waals surface area (Å²) in [5.74, 6) is 1.25. The Hall–Kier alpha value is -3.28. The Bertz CT molecular complexity index is 987. The van der Waals surface area contributed by atoms with Crippen molar-refractivity contribution in [3.63, 3.8) is 0 Å². The van der Waals surface area contributed by atoms with E-state index >= 15 is 0 Å². The quantitative estimate of drug-likeness (QED) is 0.742. The average Bonchev–Trinajstić information content (AvgIpc) is 2.78. The maximum Gasteiger partial charge on any atom is 0.232 e. The summed E-state index contributed by atoms with van der Waals surface area (Å²) in [5, 5.41) is 0. The molecule has 6 nitrogen and oxygen atoms in total. The fourth-order valence-electron chi connectivity index (χ4n) is 4.46. The van der Waals surface area contributed by atoms with Crippen molar-refractivity contribution in [2.45, 2.75) is 31.6 Å². The van der Waals surface area contributed by atoms with E-state index in [1.54, 1.807) is 26.2 Å². The molecule has 1 aliphatic heterocycles. The van der Waals surface area contributed by atoms with Gasteiger partial charge < -0.3 is 14.2 Å². The Morgan fingerprint density at radius 3 is 2.17 bits per heavy atom. The third-order valence-electron chi connectivity index (χ3n) is 5.78. The van der Waals surface area contributed by atoms with E-state index < -0.39 is 0 Å². The molecule has 2 aliphatic rings. The number of Topliss-reactive ketones (excluding diaryl/α,β-unsaturated/α-hetero) is 1. The molecule has 30 heavy (non-hydrogen) atoms. The summed E-state index contributed by atoms with van der Waals surface area (Å²) in [5.41, 5.74) is 3.15. The second-order valence-electron chi connectivity index (χ2n) is 7.42. The van der Waals surface area contributed by atoms with Gasteiger partial charge in [0.1, 0.15) is 0 Å². The van der Waals surface area contributed by atoms with Gasteiger partial charge >= 0.3 is 0 Å². The van der Waals surface area contributed by atoms with Crippen LogP contribution in [0.25, 0.3) is 0 Å². The van der Waals surface area contributed by atoms with Gasteiger partial charge in [-0.2, -0.15) is 0 Å². The lowest BCUT2D eigenvalue weighted by molar-refractivity contribution is -0.119. The number of hydrogen-bond donors (Lipinski definition) is 0. The first kappa shape index (κ1) is 20.0. The Morgan fingerprint density at radius 1 is 0.900 bits per heavy atom. The van der Waals surface area contributed by atoms with E-state index in [0.29, 0.717) is 30.1 Å². The monoisotopic (exact) mass is 407 g/mol. The van der Waals surface area contributed by atoms with E-state index in [-0.39, 0.29) is 24.0 Å². The second kappa shape index (κ2) is 8.22. The summed E-state index contributed by atoms with van der Waals surface area (Å²) < 4.78 is 16.4. The fraction of sp³-hybridized carbons (Fsp3) is 0.333. The van der Waals surface area contributed by atoms with Crippen LogP contribution in [0, 0.1) is 0 Å². The Balaban J connectivity index is 1.88. The van der Waals surface area contributed by atoms with Gasteiger partial charge in [0.15, 0.2) is 17.3 Å². The number of ketones is 1. The number of para-hydroxylation sites is 1. The molecule has 0 unspecified atom stereocenters. The molecule has 0 bridgehead atoms. The topological polar surface area (TPSA) is 65.1 Å². The van der Waals surface area contributed by atoms with Gasteiger partial charge in [-0.25, -0.2) is 0 Å².